The zero-order chi connectivity index (χ0) is 54.8. The standard InChI is InChI=1S/2C28H38Cl2N2O2.C6H14.Zr/c2*1-27(2,3)18-11-17(24(33)22(12-18)28(4,5)6)15-31-16-20-9-7-8-10-32(20)26(31)21-13-19(29)14-23(30)25(21)34;1-3-5-6-4-2;/h2*11-14,20,26,33-34H,7-10,15-16H2,1-6H3;3-6H2,1-2H3;/q;;;+4/p-4/t2*20-,26+;;/m00../s1. The molecule has 4 aromatic carbocycles. The van der Waals surface area contributed by atoms with Crippen molar-refractivity contribution in [2.45, 2.75) is 220 Å². The molecule has 0 spiro atoms. The van der Waals surface area contributed by atoms with Crippen molar-refractivity contribution in [3.8, 4) is 23.0 Å². The molecule has 4 aromatic rings. The molecule has 0 unspecified atom stereocenters. The number of nitrogens with zero attached hydrogens (tertiary/aromatic N) is 4. The fourth-order valence-corrected chi connectivity index (χ4v) is 12.4. The largest absolute Gasteiger partial charge is 4.00 e. The molecular weight excluding hydrogens is 1100 g/mol. The van der Waals surface area contributed by atoms with Crippen molar-refractivity contribution in [1.82, 2.24) is 19.6 Å². The molecule has 0 amide bonds. The Morgan fingerprint density at radius 2 is 0.813 bits per heavy atom. The Kier molecular flexibility index (Phi) is 22.2. The van der Waals surface area contributed by atoms with Crippen LogP contribution in [0.25, 0.3) is 0 Å². The summed E-state index contributed by atoms with van der Waals surface area (Å²) in [6, 6.07) is 15.6. The topological polar surface area (TPSA) is 105 Å². The molecule has 0 saturated carbocycles. The maximum Gasteiger partial charge on any atom is 4.00 e. The van der Waals surface area contributed by atoms with E-state index in [4.69, 9.17) is 46.4 Å². The number of benzene rings is 4. The van der Waals surface area contributed by atoms with E-state index in [0.717, 1.165) is 85.2 Å². The maximum atomic E-state index is 13.7. The minimum atomic E-state index is -0.252. The van der Waals surface area contributed by atoms with Crippen molar-refractivity contribution in [2.24, 2.45) is 0 Å². The minimum absolute atomic E-state index is 0. The summed E-state index contributed by atoms with van der Waals surface area (Å²) in [7, 11) is 0. The summed E-state index contributed by atoms with van der Waals surface area (Å²) in [5, 5.41) is 54.8. The first-order valence-corrected chi connectivity index (χ1v) is 29.0. The SMILES string of the molecule is CC(C)(C)c1cc(CN2C[C@@H]3CCCCN3[C@@H]2c2cc(Cl)cc(Cl)c2[O-])c([O-])c(C(C)(C)C)c1.CC(C)(C)c1cc(CN2C[C@@H]3CCCCN3[C@@H]2c2cc(Cl)cc(Cl)c2[O-])c([O-])c(C(C)(C)C)c1.CCCCCC.[Zr+4]. The van der Waals surface area contributed by atoms with E-state index in [-0.39, 0.29) is 93.2 Å². The third-order valence-corrected chi connectivity index (χ3v) is 16.6. The molecule has 13 heteroatoms. The molecule has 4 saturated heterocycles. The van der Waals surface area contributed by atoms with Gasteiger partial charge in [-0.2, -0.15) is 0 Å². The third-order valence-electron chi connectivity index (χ3n) is 15.6. The first-order valence-electron chi connectivity index (χ1n) is 27.5. The van der Waals surface area contributed by atoms with Crippen molar-refractivity contribution >= 4 is 46.4 Å². The van der Waals surface area contributed by atoms with Crippen LogP contribution in [-0.2, 0) is 61.0 Å². The average molecular weight is 1180 g/mol. The van der Waals surface area contributed by atoms with E-state index in [1.807, 2.05) is 0 Å². The molecule has 8 rings (SSSR count). The van der Waals surface area contributed by atoms with Gasteiger partial charge < -0.3 is 20.4 Å². The summed E-state index contributed by atoms with van der Waals surface area (Å²) in [5.41, 5.74) is 6.17. The monoisotopic (exact) mass is 1180 g/mol. The summed E-state index contributed by atoms with van der Waals surface area (Å²) in [5.74, 6) is -0.131. The van der Waals surface area contributed by atoms with Crippen molar-refractivity contribution in [2.75, 3.05) is 26.2 Å². The summed E-state index contributed by atoms with van der Waals surface area (Å²) in [6.45, 7) is 34.6. The fraction of sp³-hybridized carbons (Fsp3) is 0.613. The van der Waals surface area contributed by atoms with Crippen LogP contribution in [-0.4, -0.2) is 57.9 Å². The molecule has 0 aliphatic carbocycles. The molecule has 0 aromatic heterocycles. The molecule has 4 aliphatic rings. The van der Waals surface area contributed by atoms with Crippen LogP contribution >= 0.6 is 46.4 Å². The molecule has 0 bridgehead atoms. The van der Waals surface area contributed by atoms with Gasteiger partial charge in [0, 0.05) is 71.4 Å². The number of piperidine rings is 2. The van der Waals surface area contributed by atoms with E-state index in [0.29, 0.717) is 46.3 Å². The average Bonchev–Trinajstić information content (AvgIpc) is 3.85. The first kappa shape index (κ1) is 63.8. The van der Waals surface area contributed by atoms with Gasteiger partial charge in [-0.25, -0.2) is 0 Å². The van der Waals surface area contributed by atoms with Gasteiger partial charge in [0.2, 0.25) is 0 Å². The van der Waals surface area contributed by atoms with Crippen LogP contribution in [0.15, 0.2) is 48.5 Å². The van der Waals surface area contributed by atoms with E-state index < -0.39 is 0 Å². The van der Waals surface area contributed by atoms with Crippen molar-refractivity contribution < 1.29 is 46.6 Å². The van der Waals surface area contributed by atoms with E-state index in [1.165, 1.54) is 50.7 Å². The number of hydrogen-bond acceptors (Lipinski definition) is 8. The zero-order valence-electron chi connectivity index (χ0n) is 47.7. The Morgan fingerprint density at radius 1 is 0.467 bits per heavy atom. The van der Waals surface area contributed by atoms with Gasteiger partial charge in [-0.05, 0) is 116 Å². The first-order chi connectivity index (χ1) is 34.5. The van der Waals surface area contributed by atoms with E-state index >= 15 is 0 Å². The van der Waals surface area contributed by atoms with Crippen molar-refractivity contribution in [3.63, 3.8) is 0 Å². The predicted molar refractivity (Wildman–Crippen MR) is 303 cm³/mol. The smallest absolute Gasteiger partial charge is 0.872 e. The van der Waals surface area contributed by atoms with Crippen molar-refractivity contribution in [1.29, 1.82) is 0 Å². The third kappa shape index (κ3) is 15.5. The molecular formula is C62H86Cl4N4O4Zr. The minimum Gasteiger partial charge on any atom is -0.872 e. The molecule has 0 N–H and O–H groups in total. The Balaban J connectivity index is 0.000000247. The fourth-order valence-electron chi connectivity index (χ4n) is 11.4. The van der Waals surface area contributed by atoms with Gasteiger partial charge in [-0.1, -0.05) is 218 Å². The van der Waals surface area contributed by atoms with E-state index in [9.17, 15) is 20.4 Å². The van der Waals surface area contributed by atoms with Gasteiger partial charge in [0.1, 0.15) is 0 Å². The molecule has 4 atom stereocenters. The summed E-state index contributed by atoms with van der Waals surface area (Å²) in [4.78, 5) is 9.40. The number of rotatable bonds is 9. The number of unbranched alkanes of at least 4 members (excludes halogenated alkanes) is 3. The molecule has 4 aliphatic heterocycles. The maximum absolute atomic E-state index is 13.7. The molecule has 75 heavy (non-hydrogen) atoms. The Hall–Kier alpha value is -2.04. The van der Waals surface area contributed by atoms with Gasteiger partial charge in [0.25, 0.3) is 0 Å². The normalized spacial score (nSPS) is 20.9. The van der Waals surface area contributed by atoms with Gasteiger partial charge in [-0.3, -0.25) is 19.6 Å². The van der Waals surface area contributed by atoms with Crippen LogP contribution in [0.4, 0.5) is 0 Å². The number of hydrogen-bond donors (Lipinski definition) is 0. The number of halogens is 4. The van der Waals surface area contributed by atoms with Crippen LogP contribution in [0.2, 0.25) is 20.1 Å². The van der Waals surface area contributed by atoms with Gasteiger partial charge in [-0.15, -0.1) is 11.5 Å². The predicted octanol–water partition coefficient (Wildman–Crippen LogP) is 14.8. The van der Waals surface area contributed by atoms with Crippen molar-refractivity contribution in [3.05, 3.63) is 113 Å². The van der Waals surface area contributed by atoms with Gasteiger partial charge in [0.05, 0.1) is 12.3 Å². The Labute approximate surface area is 491 Å². The van der Waals surface area contributed by atoms with Gasteiger partial charge in [0.15, 0.2) is 0 Å². The Morgan fingerprint density at radius 3 is 1.12 bits per heavy atom. The second-order valence-corrected chi connectivity index (χ2v) is 27.4. The quantitative estimate of drug-likeness (QED) is 0.153. The van der Waals surface area contributed by atoms with Crippen LogP contribution in [0.3, 0.4) is 0 Å². The van der Waals surface area contributed by atoms with Crippen LogP contribution in [0.1, 0.15) is 218 Å². The molecule has 0 radical (unpaired) electrons. The van der Waals surface area contributed by atoms with Crippen LogP contribution < -0.4 is 20.4 Å². The summed E-state index contributed by atoms with van der Waals surface area (Å²) >= 11 is 25.2. The zero-order valence-corrected chi connectivity index (χ0v) is 53.2. The Bertz CT molecular complexity index is 2390. The van der Waals surface area contributed by atoms with E-state index in [2.05, 4.69) is 141 Å². The summed E-state index contributed by atoms with van der Waals surface area (Å²) < 4.78 is 0. The second kappa shape index (κ2) is 26.0. The van der Waals surface area contributed by atoms with Crippen LogP contribution in [0, 0.1) is 0 Å². The summed E-state index contributed by atoms with van der Waals surface area (Å²) in [6.07, 6.45) is 11.8. The van der Waals surface area contributed by atoms with Crippen LogP contribution in [0.5, 0.6) is 23.0 Å². The molecule has 4 heterocycles. The van der Waals surface area contributed by atoms with Gasteiger partial charge >= 0.3 is 26.2 Å². The molecule has 8 nitrogen and oxygen atoms in total. The number of fused-ring (bicyclic) bond motifs is 2. The second-order valence-electron chi connectivity index (χ2n) is 25.7. The van der Waals surface area contributed by atoms with E-state index in [1.54, 1.807) is 12.1 Å². The molecule has 410 valence electrons. The molecule has 4 fully saturated rings.